The summed E-state index contributed by atoms with van der Waals surface area (Å²) in [7, 11) is 1.47. The van der Waals surface area contributed by atoms with Crippen LogP contribution in [0.25, 0.3) is 21.9 Å². The van der Waals surface area contributed by atoms with E-state index in [0.29, 0.717) is 21.7 Å². The summed E-state index contributed by atoms with van der Waals surface area (Å²) < 4.78 is 10.3. The molecule has 3 aromatic rings. The molecule has 0 aliphatic rings. The lowest BCUT2D eigenvalue weighted by molar-refractivity contribution is 0.0659. The number of hydrogen-bond donors (Lipinski definition) is 1. The summed E-state index contributed by atoms with van der Waals surface area (Å²) in [5.41, 5.74) is -0.00727. The highest BCUT2D eigenvalue weighted by atomic mass is 35.5. The number of rotatable bonds is 3. The van der Waals surface area contributed by atoms with Crippen LogP contribution in [0.2, 0.25) is 5.02 Å². The minimum Gasteiger partial charge on any atom is -0.496 e. The third kappa shape index (κ3) is 2.55. The summed E-state index contributed by atoms with van der Waals surface area (Å²) in [4.78, 5) is 23.6. The molecule has 0 spiro atoms. The van der Waals surface area contributed by atoms with Crippen LogP contribution in [0.5, 0.6) is 5.75 Å². The van der Waals surface area contributed by atoms with Gasteiger partial charge in [-0.15, -0.1) is 0 Å². The van der Waals surface area contributed by atoms with Gasteiger partial charge in [0, 0.05) is 21.5 Å². The molecule has 0 bridgehead atoms. The average molecular weight is 331 g/mol. The zero-order valence-corrected chi connectivity index (χ0v) is 12.8. The summed E-state index contributed by atoms with van der Waals surface area (Å²) in [6.07, 6.45) is 0. The van der Waals surface area contributed by atoms with E-state index in [-0.39, 0.29) is 10.9 Å². The molecule has 0 aliphatic heterocycles. The zero-order chi connectivity index (χ0) is 16.6. The van der Waals surface area contributed by atoms with Crippen LogP contribution in [-0.2, 0) is 0 Å². The first kappa shape index (κ1) is 15.1. The maximum absolute atomic E-state index is 12.0. The minimum atomic E-state index is -1.34. The Labute approximate surface area is 135 Å². The maximum Gasteiger partial charge on any atom is 0.372 e. The number of ether oxygens (including phenoxy) is 1. The lowest BCUT2D eigenvalue weighted by atomic mass is 9.97. The highest BCUT2D eigenvalue weighted by Crippen LogP contribution is 2.38. The largest absolute Gasteiger partial charge is 0.496 e. The lowest BCUT2D eigenvalue weighted by Gasteiger charge is -2.13. The Kier molecular flexibility index (Phi) is 3.80. The highest BCUT2D eigenvalue weighted by Gasteiger charge is 2.23. The van der Waals surface area contributed by atoms with Crippen molar-refractivity contribution in [2.45, 2.75) is 0 Å². The van der Waals surface area contributed by atoms with Gasteiger partial charge in [-0.1, -0.05) is 29.8 Å². The van der Waals surface area contributed by atoms with Gasteiger partial charge in [-0.3, -0.25) is 0 Å². The Hall–Kier alpha value is -2.79. The van der Waals surface area contributed by atoms with Gasteiger partial charge in [0.05, 0.1) is 12.5 Å². The molecule has 0 amide bonds. The summed E-state index contributed by atoms with van der Waals surface area (Å²) in [5, 5.41) is 10.6. The molecule has 0 saturated heterocycles. The van der Waals surface area contributed by atoms with Gasteiger partial charge in [-0.05, 0) is 24.3 Å². The van der Waals surface area contributed by atoms with Gasteiger partial charge in [0.25, 0.3) is 0 Å². The van der Waals surface area contributed by atoms with E-state index in [1.165, 1.54) is 7.11 Å². The molecule has 0 saturated carbocycles. The van der Waals surface area contributed by atoms with Crippen molar-refractivity contribution in [3.63, 3.8) is 0 Å². The Balaban J connectivity index is 2.52. The number of carbonyl (C=O) groups is 1. The number of fused-ring (bicyclic) bond motifs is 1. The Morgan fingerprint density at radius 3 is 2.52 bits per heavy atom. The molecule has 0 aliphatic carbocycles. The third-order valence-electron chi connectivity index (χ3n) is 3.46. The van der Waals surface area contributed by atoms with Crippen LogP contribution in [0.3, 0.4) is 0 Å². The molecule has 0 radical (unpaired) electrons. The average Bonchev–Trinajstić information content (AvgIpc) is 2.54. The van der Waals surface area contributed by atoms with Crippen LogP contribution in [0, 0.1) is 0 Å². The van der Waals surface area contributed by atoms with Crippen molar-refractivity contribution in [3.8, 4) is 16.9 Å². The van der Waals surface area contributed by atoms with Crippen molar-refractivity contribution < 1.29 is 19.1 Å². The first-order valence-electron chi connectivity index (χ1n) is 6.66. The van der Waals surface area contributed by atoms with Crippen LogP contribution in [0.15, 0.2) is 51.7 Å². The van der Waals surface area contributed by atoms with Crippen molar-refractivity contribution in [3.05, 3.63) is 63.7 Å². The van der Waals surface area contributed by atoms with Crippen LogP contribution in [0.1, 0.15) is 10.6 Å². The van der Waals surface area contributed by atoms with E-state index in [9.17, 15) is 14.7 Å². The first-order chi connectivity index (χ1) is 11.0. The number of halogens is 1. The molecule has 3 rings (SSSR count). The number of methoxy groups -OCH3 is 1. The molecule has 23 heavy (non-hydrogen) atoms. The van der Waals surface area contributed by atoms with Crippen LogP contribution < -0.4 is 10.4 Å². The van der Waals surface area contributed by atoms with E-state index >= 15 is 0 Å². The van der Waals surface area contributed by atoms with Crippen molar-refractivity contribution in [1.82, 2.24) is 0 Å². The second-order valence-corrected chi connectivity index (χ2v) is 5.23. The summed E-state index contributed by atoms with van der Waals surface area (Å²) >= 11 is 6.04. The second kappa shape index (κ2) is 5.78. The van der Waals surface area contributed by atoms with Crippen molar-refractivity contribution in [2.75, 3.05) is 7.11 Å². The van der Waals surface area contributed by atoms with Gasteiger partial charge in [-0.25, -0.2) is 9.59 Å². The molecule has 1 heterocycles. The lowest BCUT2D eigenvalue weighted by Crippen LogP contribution is -2.09. The van der Waals surface area contributed by atoms with Gasteiger partial charge < -0.3 is 14.3 Å². The van der Waals surface area contributed by atoms with Crippen molar-refractivity contribution in [1.29, 1.82) is 0 Å². The molecular weight excluding hydrogens is 320 g/mol. The molecule has 0 atom stereocenters. The van der Waals surface area contributed by atoms with Crippen LogP contribution in [-0.4, -0.2) is 18.2 Å². The zero-order valence-electron chi connectivity index (χ0n) is 12.0. The van der Waals surface area contributed by atoms with Gasteiger partial charge in [0.1, 0.15) is 5.75 Å². The predicted molar refractivity (Wildman–Crippen MR) is 86.4 cm³/mol. The van der Waals surface area contributed by atoms with E-state index < -0.39 is 17.4 Å². The SMILES string of the molecule is COc1ccc(Cl)cc1-c1c(C(=O)O)oc(=O)c2ccccc12. The molecule has 0 unspecified atom stereocenters. The van der Waals surface area contributed by atoms with Gasteiger partial charge in [0.2, 0.25) is 5.76 Å². The second-order valence-electron chi connectivity index (χ2n) is 4.79. The topological polar surface area (TPSA) is 76.7 Å². The normalized spacial score (nSPS) is 10.7. The fourth-order valence-corrected chi connectivity index (χ4v) is 2.67. The molecule has 116 valence electrons. The van der Waals surface area contributed by atoms with Crippen LogP contribution >= 0.6 is 11.6 Å². The van der Waals surface area contributed by atoms with Crippen LogP contribution in [0.4, 0.5) is 0 Å². The molecular formula is C17H11ClO5. The summed E-state index contributed by atoms with van der Waals surface area (Å²) in [6, 6.07) is 11.5. The third-order valence-corrected chi connectivity index (χ3v) is 3.70. The van der Waals surface area contributed by atoms with E-state index in [4.69, 9.17) is 20.8 Å². The minimum absolute atomic E-state index is 0.257. The molecule has 5 nitrogen and oxygen atoms in total. The van der Waals surface area contributed by atoms with Crippen molar-refractivity contribution in [2.24, 2.45) is 0 Å². The highest BCUT2D eigenvalue weighted by molar-refractivity contribution is 6.31. The summed E-state index contributed by atoms with van der Waals surface area (Å²) in [6.45, 7) is 0. The van der Waals surface area contributed by atoms with E-state index in [1.54, 1.807) is 42.5 Å². The molecule has 2 aromatic carbocycles. The first-order valence-corrected chi connectivity index (χ1v) is 7.03. The van der Waals surface area contributed by atoms with E-state index in [1.807, 2.05) is 0 Å². The number of aromatic carboxylic acids is 1. The van der Waals surface area contributed by atoms with Gasteiger partial charge in [0.15, 0.2) is 0 Å². The Morgan fingerprint density at radius 1 is 1.17 bits per heavy atom. The number of carboxylic acids is 1. The fraction of sp³-hybridized carbons (Fsp3) is 0.0588. The van der Waals surface area contributed by atoms with Crippen molar-refractivity contribution >= 4 is 28.3 Å². The predicted octanol–water partition coefficient (Wildman–Crippen LogP) is 3.82. The number of hydrogen-bond acceptors (Lipinski definition) is 4. The standard InChI is InChI=1S/C17H11ClO5/c1-22-13-7-6-9(18)8-12(13)14-10-4-2-3-5-11(10)17(21)23-15(14)16(19)20/h2-8H,1H3,(H,19,20). The Bertz CT molecular complexity index is 974. The van der Waals surface area contributed by atoms with Gasteiger partial charge in [-0.2, -0.15) is 0 Å². The molecule has 1 N–H and O–H groups in total. The maximum atomic E-state index is 12.0. The summed E-state index contributed by atoms with van der Waals surface area (Å²) in [5.74, 6) is -1.37. The van der Waals surface area contributed by atoms with E-state index in [2.05, 4.69) is 0 Å². The number of benzene rings is 2. The number of carboxylic acid groups (broad SMARTS) is 1. The quantitative estimate of drug-likeness (QED) is 0.790. The fourth-order valence-electron chi connectivity index (χ4n) is 2.49. The molecule has 1 aromatic heterocycles. The molecule has 6 heteroatoms. The van der Waals surface area contributed by atoms with E-state index in [0.717, 1.165) is 0 Å². The monoisotopic (exact) mass is 330 g/mol. The Morgan fingerprint density at radius 2 is 1.87 bits per heavy atom. The molecule has 0 fully saturated rings. The van der Waals surface area contributed by atoms with Gasteiger partial charge >= 0.3 is 11.6 Å². The smallest absolute Gasteiger partial charge is 0.372 e.